The second kappa shape index (κ2) is 9.87. The van der Waals surface area contributed by atoms with Gasteiger partial charge in [-0.3, -0.25) is 9.78 Å². The van der Waals surface area contributed by atoms with Crippen LogP contribution in [0.4, 0.5) is 0 Å². The lowest BCUT2D eigenvalue weighted by Crippen LogP contribution is -2.41. The van der Waals surface area contributed by atoms with Gasteiger partial charge < -0.3 is 24.5 Å². The Morgan fingerprint density at radius 2 is 1.84 bits per heavy atom. The van der Waals surface area contributed by atoms with Gasteiger partial charge in [0.15, 0.2) is 5.82 Å². The molecule has 3 aliphatic rings. The van der Waals surface area contributed by atoms with Crippen LogP contribution in [0.1, 0.15) is 36.0 Å². The SMILES string of the molecule is COc1cc(C(=O)N2C[C@H]3CC[C@@H]2[C@@H]3N)cc2nc(-c3cc4ccc(-c5ccc6cnccc6c5)nc4n3CC3CC3)n(C)c12. The van der Waals surface area contributed by atoms with Gasteiger partial charge in [0, 0.05) is 66.5 Å². The maximum atomic E-state index is 13.7. The monoisotopic (exact) mass is 597 g/mol. The number of carbonyl (C=O) groups excluding carboxylic acids is 1. The molecule has 5 heterocycles. The molecule has 3 fully saturated rings. The summed E-state index contributed by atoms with van der Waals surface area (Å²) < 4.78 is 10.3. The van der Waals surface area contributed by atoms with E-state index in [0.29, 0.717) is 23.1 Å². The molecule has 6 aromatic rings. The molecule has 1 amide bonds. The smallest absolute Gasteiger partial charge is 0.254 e. The third kappa shape index (κ3) is 4.17. The van der Waals surface area contributed by atoms with Gasteiger partial charge in [-0.25, -0.2) is 9.97 Å². The normalized spacial score (nSPS) is 21.0. The molecule has 2 saturated carbocycles. The van der Waals surface area contributed by atoms with E-state index in [-0.39, 0.29) is 18.0 Å². The molecule has 2 aromatic carbocycles. The molecule has 1 saturated heterocycles. The van der Waals surface area contributed by atoms with E-state index in [2.05, 4.69) is 50.5 Å². The Morgan fingerprint density at radius 3 is 2.62 bits per heavy atom. The molecule has 0 spiro atoms. The summed E-state index contributed by atoms with van der Waals surface area (Å²) in [5.41, 5.74) is 12.6. The molecule has 9 rings (SSSR count). The van der Waals surface area contributed by atoms with Gasteiger partial charge in [0.25, 0.3) is 5.91 Å². The number of rotatable bonds is 6. The summed E-state index contributed by atoms with van der Waals surface area (Å²) in [6.07, 6.45) is 8.24. The Morgan fingerprint density at radius 1 is 0.978 bits per heavy atom. The highest BCUT2D eigenvalue weighted by molar-refractivity contribution is 6.00. The van der Waals surface area contributed by atoms with Gasteiger partial charge in [-0.05, 0) is 85.4 Å². The van der Waals surface area contributed by atoms with E-state index in [1.54, 1.807) is 7.11 Å². The Labute approximate surface area is 260 Å². The summed E-state index contributed by atoms with van der Waals surface area (Å²) in [4.78, 5) is 30.3. The maximum Gasteiger partial charge on any atom is 0.254 e. The minimum Gasteiger partial charge on any atom is -0.494 e. The summed E-state index contributed by atoms with van der Waals surface area (Å²) in [5, 5.41) is 3.33. The Kier molecular flexibility index (Phi) is 5.84. The van der Waals surface area contributed by atoms with Crippen molar-refractivity contribution in [2.24, 2.45) is 24.6 Å². The summed E-state index contributed by atoms with van der Waals surface area (Å²) in [5.74, 6) is 2.51. The number of imidazole rings is 1. The number of aryl methyl sites for hydroxylation is 1. The number of hydrogen-bond acceptors (Lipinski definition) is 6. The van der Waals surface area contributed by atoms with Gasteiger partial charge in [0.2, 0.25) is 0 Å². The van der Waals surface area contributed by atoms with Gasteiger partial charge >= 0.3 is 0 Å². The van der Waals surface area contributed by atoms with Gasteiger partial charge in [0.05, 0.1) is 24.0 Å². The molecule has 0 unspecified atom stereocenters. The van der Waals surface area contributed by atoms with Crippen LogP contribution in [-0.2, 0) is 13.6 Å². The second-order valence-corrected chi connectivity index (χ2v) is 13.1. The molecular formula is C36H35N7O2. The van der Waals surface area contributed by atoms with E-state index in [0.717, 1.165) is 81.5 Å². The molecule has 4 aromatic heterocycles. The summed E-state index contributed by atoms with van der Waals surface area (Å²) in [6, 6.07) is 18.9. The number of fused-ring (bicyclic) bond motifs is 5. The summed E-state index contributed by atoms with van der Waals surface area (Å²) in [7, 11) is 3.68. The first-order valence-corrected chi connectivity index (χ1v) is 15.9. The Balaban J connectivity index is 1.15. The zero-order valence-electron chi connectivity index (χ0n) is 25.5. The lowest BCUT2D eigenvalue weighted by Gasteiger charge is -2.27. The van der Waals surface area contributed by atoms with E-state index < -0.39 is 0 Å². The van der Waals surface area contributed by atoms with Crippen LogP contribution >= 0.6 is 0 Å². The van der Waals surface area contributed by atoms with Crippen LogP contribution in [0.2, 0.25) is 0 Å². The third-order valence-electron chi connectivity index (χ3n) is 10.4. The molecular weight excluding hydrogens is 562 g/mol. The number of aromatic nitrogens is 5. The standard InChI is InChI=1S/C36H35N7O2/c1-41-33-28(14-26(16-31(33)45-2)36(44)43-19-25-8-10-29(43)32(25)37)40-35(41)30-15-23-7-9-27(39-34(23)42(30)18-20-3-4-20)22-5-6-24-17-38-12-11-21(24)13-22/h5-7,9,11-17,20,25,29,32H,3-4,8,10,18-19,37H2,1-2H3/t25-,29-,32-/m1/s1. The summed E-state index contributed by atoms with van der Waals surface area (Å²) >= 11 is 0. The van der Waals surface area contributed by atoms with Crippen LogP contribution in [0, 0.1) is 11.8 Å². The van der Waals surface area contributed by atoms with Crippen LogP contribution < -0.4 is 10.5 Å². The molecule has 2 aliphatic carbocycles. The fourth-order valence-corrected chi connectivity index (χ4v) is 7.73. The van der Waals surface area contributed by atoms with Crippen LogP contribution in [-0.4, -0.2) is 60.6 Å². The average molecular weight is 598 g/mol. The second-order valence-electron chi connectivity index (χ2n) is 13.1. The van der Waals surface area contributed by atoms with Crippen LogP contribution in [0.3, 0.4) is 0 Å². The maximum absolute atomic E-state index is 13.7. The zero-order valence-corrected chi connectivity index (χ0v) is 25.5. The number of piperidine rings is 1. The van der Waals surface area contributed by atoms with Crippen LogP contribution in [0.5, 0.6) is 5.75 Å². The number of methoxy groups -OCH3 is 1. The number of amides is 1. The highest BCUT2D eigenvalue weighted by Crippen LogP contribution is 2.40. The quantitative estimate of drug-likeness (QED) is 0.261. The first kappa shape index (κ1) is 26.6. The van der Waals surface area contributed by atoms with Crippen molar-refractivity contribution in [1.29, 1.82) is 0 Å². The predicted octanol–water partition coefficient (Wildman–Crippen LogP) is 5.79. The number of nitrogens with two attached hydrogens (primary N) is 1. The molecule has 2 N–H and O–H groups in total. The number of nitrogens with zero attached hydrogens (tertiary/aromatic N) is 6. The average Bonchev–Trinajstić information content (AvgIpc) is 3.47. The first-order chi connectivity index (χ1) is 22.0. The minimum atomic E-state index is 0.00887. The van der Waals surface area contributed by atoms with Crippen LogP contribution in [0.25, 0.3) is 55.6 Å². The lowest BCUT2D eigenvalue weighted by atomic mass is 10.1. The van der Waals surface area contributed by atoms with E-state index in [4.69, 9.17) is 20.4 Å². The highest BCUT2D eigenvalue weighted by Gasteiger charge is 2.47. The molecule has 2 bridgehead atoms. The number of pyridine rings is 2. The molecule has 226 valence electrons. The Hall–Kier alpha value is -4.76. The Bertz CT molecular complexity index is 2160. The van der Waals surface area contributed by atoms with Crippen molar-refractivity contribution in [3.63, 3.8) is 0 Å². The van der Waals surface area contributed by atoms with Crippen molar-refractivity contribution in [3.05, 3.63) is 72.6 Å². The zero-order chi connectivity index (χ0) is 30.4. The highest BCUT2D eigenvalue weighted by atomic mass is 16.5. The third-order valence-corrected chi connectivity index (χ3v) is 10.4. The predicted molar refractivity (Wildman–Crippen MR) is 175 cm³/mol. The fourth-order valence-electron chi connectivity index (χ4n) is 7.73. The van der Waals surface area contributed by atoms with Crippen molar-refractivity contribution < 1.29 is 9.53 Å². The number of hydrogen-bond donors (Lipinski definition) is 1. The van der Waals surface area contributed by atoms with Crippen LogP contribution in [0.15, 0.2) is 67.0 Å². The summed E-state index contributed by atoms with van der Waals surface area (Å²) in [6.45, 7) is 1.62. The first-order valence-electron chi connectivity index (χ1n) is 15.9. The number of benzene rings is 2. The van der Waals surface area contributed by atoms with Crippen molar-refractivity contribution in [1.82, 2.24) is 29.0 Å². The van der Waals surface area contributed by atoms with Gasteiger partial charge in [-0.1, -0.05) is 12.1 Å². The molecule has 9 heteroatoms. The molecule has 3 atom stereocenters. The van der Waals surface area contributed by atoms with Crippen molar-refractivity contribution in [2.75, 3.05) is 13.7 Å². The van der Waals surface area contributed by atoms with Crippen molar-refractivity contribution >= 4 is 38.7 Å². The number of carbonyl (C=O) groups is 1. The van der Waals surface area contributed by atoms with Gasteiger partial charge in [-0.15, -0.1) is 0 Å². The number of likely N-dealkylation sites (tertiary alicyclic amines) is 1. The van der Waals surface area contributed by atoms with E-state index in [1.165, 1.54) is 12.8 Å². The van der Waals surface area contributed by atoms with E-state index in [9.17, 15) is 4.79 Å². The van der Waals surface area contributed by atoms with Crippen molar-refractivity contribution in [3.8, 4) is 28.5 Å². The van der Waals surface area contributed by atoms with Gasteiger partial charge in [0.1, 0.15) is 16.9 Å². The number of ether oxygens (including phenoxy) is 1. The molecule has 1 aliphatic heterocycles. The van der Waals surface area contributed by atoms with Crippen molar-refractivity contribution in [2.45, 2.75) is 44.3 Å². The molecule has 9 nitrogen and oxygen atoms in total. The van der Waals surface area contributed by atoms with E-state index >= 15 is 0 Å². The minimum absolute atomic E-state index is 0.00887. The lowest BCUT2D eigenvalue weighted by molar-refractivity contribution is 0.0700. The molecule has 45 heavy (non-hydrogen) atoms. The topological polar surface area (TPSA) is 104 Å². The largest absolute Gasteiger partial charge is 0.494 e. The van der Waals surface area contributed by atoms with Gasteiger partial charge in [-0.2, -0.15) is 0 Å². The fraction of sp³-hybridized carbons (Fsp3) is 0.333. The van der Waals surface area contributed by atoms with E-state index in [1.807, 2.05) is 42.5 Å². The molecule has 0 radical (unpaired) electrons.